The summed E-state index contributed by atoms with van der Waals surface area (Å²) in [7, 11) is 1.60. The van der Waals surface area contributed by atoms with Crippen LogP contribution in [-0.2, 0) is 0 Å². The Morgan fingerprint density at radius 3 is 2.82 bits per heavy atom. The molecule has 0 spiro atoms. The summed E-state index contributed by atoms with van der Waals surface area (Å²) in [6, 6.07) is 5.65. The number of halogens is 1. The Hall–Kier alpha value is -1.26. The highest BCUT2D eigenvalue weighted by atomic mass is 35.5. The van der Waals surface area contributed by atoms with Gasteiger partial charge in [-0.15, -0.1) is 11.3 Å². The third-order valence-corrected chi connectivity index (χ3v) is 3.34. The molecule has 0 saturated carbocycles. The van der Waals surface area contributed by atoms with Gasteiger partial charge in [-0.2, -0.15) is 0 Å². The van der Waals surface area contributed by atoms with E-state index in [1.54, 1.807) is 7.11 Å². The first-order chi connectivity index (χ1) is 8.24. The smallest absolute Gasteiger partial charge is 0.224 e. The minimum atomic E-state index is 0.596. The normalized spacial score (nSPS) is 10.3. The van der Waals surface area contributed by atoms with Gasteiger partial charge in [-0.05, 0) is 25.1 Å². The van der Waals surface area contributed by atoms with Crippen LogP contribution in [0.5, 0.6) is 11.6 Å². The quantitative estimate of drug-likeness (QED) is 0.844. The fourth-order valence-corrected chi connectivity index (χ4v) is 2.39. The molecule has 0 unspecified atom stereocenters. The van der Waals surface area contributed by atoms with Gasteiger partial charge in [0.15, 0.2) is 0 Å². The van der Waals surface area contributed by atoms with Crippen LogP contribution in [0.25, 0.3) is 10.6 Å². The largest absolute Gasteiger partial charge is 0.492 e. The van der Waals surface area contributed by atoms with Crippen LogP contribution in [0.3, 0.4) is 0 Å². The summed E-state index contributed by atoms with van der Waals surface area (Å²) in [5.41, 5.74) is 0.965. The molecule has 0 aliphatic rings. The molecule has 5 heteroatoms. The van der Waals surface area contributed by atoms with Crippen molar-refractivity contribution in [2.75, 3.05) is 13.7 Å². The zero-order valence-corrected chi connectivity index (χ0v) is 11.1. The molecule has 2 aromatic rings. The minimum Gasteiger partial charge on any atom is -0.492 e. The molecule has 0 N–H and O–H groups in total. The first-order valence-corrected chi connectivity index (χ1v) is 6.42. The van der Waals surface area contributed by atoms with Crippen molar-refractivity contribution in [3.8, 4) is 22.2 Å². The monoisotopic (exact) mass is 269 g/mol. The van der Waals surface area contributed by atoms with Crippen LogP contribution < -0.4 is 9.47 Å². The summed E-state index contributed by atoms with van der Waals surface area (Å²) in [6.45, 7) is 2.53. The van der Waals surface area contributed by atoms with Gasteiger partial charge in [0.1, 0.15) is 10.8 Å². The van der Waals surface area contributed by atoms with Crippen LogP contribution in [0, 0.1) is 0 Å². The van der Waals surface area contributed by atoms with Crippen molar-refractivity contribution in [1.82, 2.24) is 4.98 Å². The van der Waals surface area contributed by atoms with Crippen LogP contribution in [0.4, 0.5) is 0 Å². The molecule has 17 heavy (non-hydrogen) atoms. The van der Waals surface area contributed by atoms with Crippen LogP contribution in [0.2, 0.25) is 5.02 Å². The molecule has 1 aromatic heterocycles. The van der Waals surface area contributed by atoms with Crippen molar-refractivity contribution in [2.45, 2.75) is 6.92 Å². The molecule has 1 heterocycles. The Labute approximate surface area is 109 Å². The number of hydrogen-bond acceptors (Lipinski definition) is 4. The zero-order chi connectivity index (χ0) is 12.3. The lowest BCUT2D eigenvalue weighted by Gasteiger charge is -2.06. The molecular weight excluding hydrogens is 258 g/mol. The average molecular weight is 270 g/mol. The number of methoxy groups -OCH3 is 1. The van der Waals surface area contributed by atoms with E-state index in [1.807, 2.05) is 30.5 Å². The van der Waals surface area contributed by atoms with E-state index in [-0.39, 0.29) is 0 Å². The van der Waals surface area contributed by atoms with E-state index in [0.29, 0.717) is 23.3 Å². The van der Waals surface area contributed by atoms with Crippen molar-refractivity contribution in [2.24, 2.45) is 0 Å². The van der Waals surface area contributed by atoms with Crippen molar-refractivity contribution in [1.29, 1.82) is 0 Å². The third-order valence-electron chi connectivity index (χ3n) is 2.17. The average Bonchev–Trinajstić information content (AvgIpc) is 2.80. The van der Waals surface area contributed by atoms with Gasteiger partial charge in [0, 0.05) is 5.56 Å². The molecule has 0 radical (unpaired) electrons. The summed E-state index contributed by atoms with van der Waals surface area (Å²) < 4.78 is 10.4. The van der Waals surface area contributed by atoms with Crippen LogP contribution >= 0.6 is 22.9 Å². The molecular formula is C12H12ClNO2S. The number of hydrogen-bond donors (Lipinski definition) is 0. The Kier molecular flexibility index (Phi) is 3.86. The van der Waals surface area contributed by atoms with Gasteiger partial charge in [0.2, 0.25) is 5.88 Å². The number of aromatic nitrogens is 1. The predicted octanol–water partition coefficient (Wildman–Crippen LogP) is 3.87. The standard InChI is InChI=1S/C12H12ClNO2S/c1-3-16-10-5-4-8(6-9(10)13)12-14-11(15-2)7-17-12/h4-7H,3H2,1-2H3. The topological polar surface area (TPSA) is 31.4 Å². The van der Waals surface area contributed by atoms with E-state index in [9.17, 15) is 0 Å². The Bertz CT molecular complexity index is 513. The van der Waals surface area contributed by atoms with Crippen molar-refractivity contribution in [3.05, 3.63) is 28.6 Å². The number of nitrogens with zero attached hydrogens (tertiary/aromatic N) is 1. The molecule has 0 aliphatic carbocycles. The molecule has 3 nitrogen and oxygen atoms in total. The molecule has 90 valence electrons. The highest BCUT2D eigenvalue weighted by molar-refractivity contribution is 7.13. The van der Waals surface area contributed by atoms with Gasteiger partial charge in [0.25, 0.3) is 0 Å². The summed E-state index contributed by atoms with van der Waals surface area (Å²) in [4.78, 5) is 4.31. The lowest BCUT2D eigenvalue weighted by molar-refractivity contribution is 0.340. The molecule has 0 fully saturated rings. The number of ether oxygens (including phenoxy) is 2. The maximum atomic E-state index is 6.12. The van der Waals surface area contributed by atoms with E-state index in [4.69, 9.17) is 21.1 Å². The fourth-order valence-electron chi connectivity index (χ4n) is 1.39. The molecule has 0 bridgehead atoms. The zero-order valence-electron chi connectivity index (χ0n) is 9.57. The molecule has 1 aromatic carbocycles. The first kappa shape index (κ1) is 12.2. The Balaban J connectivity index is 2.30. The van der Waals surface area contributed by atoms with Gasteiger partial charge in [-0.25, -0.2) is 4.98 Å². The summed E-state index contributed by atoms with van der Waals surface area (Å²) >= 11 is 7.64. The van der Waals surface area contributed by atoms with Gasteiger partial charge < -0.3 is 9.47 Å². The summed E-state index contributed by atoms with van der Waals surface area (Å²) in [5.74, 6) is 1.32. The second-order valence-corrected chi connectivity index (χ2v) is 4.54. The molecule has 0 atom stereocenters. The van der Waals surface area contributed by atoms with E-state index >= 15 is 0 Å². The second-order valence-electron chi connectivity index (χ2n) is 3.27. The van der Waals surface area contributed by atoms with Crippen molar-refractivity contribution >= 4 is 22.9 Å². The maximum absolute atomic E-state index is 6.12. The van der Waals surface area contributed by atoms with Crippen LogP contribution in [-0.4, -0.2) is 18.7 Å². The van der Waals surface area contributed by atoms with Crippen molar-refractivity contribution in [3.63, 3.8) is 0 Å². The first-order valence-electron chi connectivity index (χ1n) is 5.17. The summed E-state index contributed by atoms with van der Waals surface area (Å²) in [6.07, 6.45) is 0. The van der Waals surface area contributed by atoms with Gasteiger partial charge >= 0.3 is 0 Å². The summed E-state index contributed by atoms with van der Waals surface area (Å²) in [5, 5.41) is 3.34. The molecule has 0 saturated heterocycles. The maximum Gasteiger partial charge on any atom is 0.224 e. The van der Waals surface area contributed by atoms with Gasteiger partial charge in [-0.1, -0.05) is 11.6 Å². The van der Waals surface area contributed by atoms with Crippen molar-refractivity contribution < 1.29 is 9.47 Å². The lowest BCUT2D eigenvalue weighted by Crippen LogP contribution is -1.92. The number of thiazole rings is 1. The van der Waals surface area contributed by atoms with Crippen LogP contribution in [0.1, 0.15) is 6.92 Å². The van der Waals surface area contributed by atoms with Gasteiger partial charge in [0.05, 0.1) is 24.1 Å². The van der Waals surface area contributed by atoms with E-state index in [2.05, 4.69) is 4.98 Å². The highest BCUT2D eigenvalue weighted by Gasteiger charge is 2.08. The van der Waals surface area contributed by atoms with E-state index in [1.165, 1.54) is 11.3 Å². The predicted molar refractivity (Wildman–Crippen MR) is 70.3 cm³/mol. The third kappa shape index (κ3) is 2.70. The molecule has 2 rings (SSSR count). The Morgan fingerprint density at radius 2 is 2.24 bits per heavy atom. The SMILES string of the molecule is CCOc1ccc(-c2nc(OC)cs2)cc1Cl. The van der Waals surface area contributed by atoms with E-state index < -0.39 is 0 Å². The van der Waals surface area contributed by atoms with E-state index in [0.717, 1.165) is 10.6 Å². The minimum absolute atomic E-state index is 0.596. The van der Waals surface area contributed by atoms with Gasteiger partial charge in [-0.3, -0.25) is 0 Å². The number of benzene rings is 1. The molecule has 0 amide bonds. The fraction of sp³-hybridized carbons (Fsp3) is 0.250. The Morgan fingerprint density at radius 1 is 1.41 bits per heavy atom. The molecule has 0 aliphatic heterocycles. The highest BCUT2D eigenvalue weighted by Crippen LogP contribution is 2.33. The number of rotatable bonds is 4. The second kappa shape index (κ2) is 5.38. The van der Waals surface area contributed by atoms with Crippen LogP contribution in [0.15, 0.2) is 23.6 Å². The lowest BCUT2D eigenvalue weighted by atomic mass is 10.2.